The van der Waals surface area contributed by atoms with E-state index in [9.17, 15) is 19.4 Å². The molecule has 258 valence electrons. The van der Waals surface area contributed by atoms with Crippen LogP contribution in [0.1, 0.15) is 181 Å². The van der Waals surface area contributed by atoms with Gasteiger partial charge in [-0.3, -0.25) is 13.8 Å². The molecule has 8 nitrogen and oxygen atoms in total. The summed E-state index contributed by atoms with van der Waals surface area (Å²) < 4.78 is 22.0. The smallest absolute Gasteiger partial charge is 0.391 e. The standard InChI is InChI=1S/C34H71N2O6P/c1-3-5-7-9-11-13-15-16-18-19-21-23-25-27-33(37)32(31-42-43(39,40)41-30-29-35)36-34(38)28-26-24-22-20-17-14-12-10-8-6-4-2/h32-33,37H,3-31,35H2,1-2H3,(H,36,38)(H,39,40)/t32-,33+/m0/s1. The van der Waals surface area contributed by atoms with Crippen molar-refractivity contribution in [3.63, 3.8) is 0 Å². The minimum absolute atomic E-state index is 0.0920. The van der Waals surface area contributed by atoms with Crippen molar-refractivity contribution >= 4 is 13.7 Å². The lowest BCUT2D eigenvalue weighted by molar-refractivity contribution is -0.123. The summed E-state index contributed by atoms with van der Waals surface area (Å²) in [5, 5.41) is 13.7. The van der Waals surface area contributed by atoms with Crippen molar-refractivity contribution in [1.82, 2.24) is 5.32 Å². The van der Waals surface area contributed by atoms with Crippen molar-refractivity contribution in [1.29, 1.82) is 0 Å². The van der Waals surface area contributed by atoms with Crippen molar-refractivity contribution in [2.75, 3.05) is 19.8 Å². The zero-order valence-corrected chi connectivity index (χ0v) is 29.1. The van der Waals surface area contributed by atoms with Crippen molar-refractivity contribution in [3.05, 3.63) is 0 Å². The van der Waals surface area contributed by atoms with E-state index in [1.807, 2.05) is 0 Å². The summed E-state index contributed by atoms with van der Waals surface area (Å²) in [6.07, 6.45) is 29.6. The van der Waals surface area contributed by atoms with Gasteiger partial charge in [-0.25, -0.2) is 4.57 Å². The number of carbonyl (C=O) groups excluding carboxylic acids is 1. The van der Waals surface area contributed by atoms with E-state index in [1.54, 1.807) is 0 Å². The van der Waals surface area contributed by atoms with Crippen LogP contribution in [-0.2, 0) is 18.4 Å². The molecule has 0 heterocycles. The molecular weight excluding hydrogens is 563 g/mol. The second-order valence-electron chi connectivity index (χ2n) is 12.4. The summed E-state index contributed by atoms with van der Waals surface area (Å²) in [4.78, 5) is 22.5. The quantitative estimate of drug-likeness (QED) is 0.0410. The fourth-order valence-corrected chi connectivity index (χ4v) is 6.19. The normalized spacial score (nSPS) is 14.4. The largest absolute Gasteiger partial charge is 0.472 e. The van der Waals surface area contributed by atoms with Gasteiger partial charge < -0.3 is 21.1 Å². The molecule has 0 saturated heterocycles. The molecule has 0 aromatic carbocycles. The molecule has 43 heavy (non-hydrogen) atoms. The zero-order valence-electron chi connectivity index (χ0n) is 28.2. The Balaban J connectivity index is 4.26. The van der Waals surface area contributed by atoms with Gasteiger partial charge in [-0.2, -0.15) is 0 Å². The lowest BCUT2D eigenvalue weighted by atomic mass is 10.0. The molecule has 0 aromatic rings. The van der Waals surface area contributed by atoms with Crippen LogP contribution in [0.25, 0.3) is 0 Å². The van der Waals surface area contributed by atoms with Gasteiger partial charge in [0.05, 0.1) is 25.4 Å². The van der Waals surface area contributed by atoms with E-state index >= 15 is 0 Å². The Morgan fingerprint density at radius 2 is 1.07 bits per heavy atom. The predicted octanol–water partition coefficient (Wildman–Crippen LogP) is 9.11. The van der Waals surface area contributed by atoms with Crippen LogP contribution in [0.5, 0.6) is 0 Å². The van der Waals surface area contributed by atoms with Crippen molar-refractivity contribution in [2.24, 2.45) is 5.73 Å². The Hall–Kier alpha value is -0.500. The van der Waals surface area contributed by atoms with E-state index in [-0.39, 0.29) is 25.7 Å². The first kappa shape index (κ1) is 42.5. The van der Waals surface area contributed by atoms with Crippen molar-refractivity contribution < 1.29 is 28.4 Å². The average Bonchev–Trinajstić information content (AvgIpc) is 2.99. The van der Waals surface area contributed by atoms with E-state index in [0.29, 0.717) is 12.8 Å². The fourth-order valence-electron chi connectivity index (χ4n) is 5.43. The maximum atomic E-state index is 12.6. The van der Waals surface area contributed by atoms with E-state index in [1.165, 1.54) is 116 Å². The Morgan fingerprint density at radius 1 is 0.674 bits per heavy atom. The monoisotopic (exact) mass is 635 g/mol. The number of hydrogen-bond donors (Lipinski definition) is 4. The third-order valence-corrected chi connectivity index (χ3v) is 9.20. The molecule has 9 heteroatoms. The Morgan fingerprint density at radius 3 is 1.49 bits per heavy atom. The minimum atomic E-state index is -4.30. The summed E-state index contributed by atoms with van der Waals surface area (Å²) in [7, 11) is -4.30. The number of nitrogens with two attached hydrogens (primary N) is 1. The molecule has 0 saturated carbocycles. The highest BCUT2D eigenvalue weighted by atomic mass is 31.2. The third kappa shape index (κ3) is 29.9. The number of hydrogen-bond acceptors (Lipinski definition) is 6. The molecule has 1 amide bonds. The molecule has 5 N–H and O–H groups in total. The molecule has 0 rings (SSSR count). The SMILES string of the molecule is CCCCCCCCCCCCCCC[C@@H](O)[C@H](COP(=O)(O)OCCN)NC(=O)CCCCCCCCCCCCC. The Kier molecular flexibility index (Phi) is 31.1. The maximum absolute atomic E-state index is 12.6. The summed E-state index contributed by atoms with van der Waals surface area (Å²) in [5.41, 5.74) is 5.35. The van der Waals surface area contributed by atoms with Crippen LogP contribution in [0.4, 0.5) is 0 Å². The number of phosphoric ester groups is 1. The lowest BCUT2D eigenvalue weighted by Crippen LogP contribution is -2.46. The second-order valence-corrected chi connectivity index (χ2v) is 13.9. The number of carbonyl (C=O) groups is 1. The van der Waals surface area contributed by atoms with Gasteiger partial charge >= 0.3 is 7.82 Å². The number of amides is 1. The number of aliphatic hydroxyl groups excluding tert-OH is 1. The molecule has 1 unspecified atom stereocenters. The summed E-state index contributed by atoms with van der Waals surface area (Å²) >= 11 is 0. The van der Waals surface area contributed by atoms with Gasteiger partial charge in [-0.05, 0) is 12.8 Å². The van der Waals surface area contributed by atoms with Crippen LogP contribution >= 0.6 is 7.82 Å². The van der Waals surface area contributed by atoms with Gasteiger partial charge in [0.15, 0.2) is 0 Å². The first-order valence-corrected chi connectivity index (χ1v) is 19.6. The highest BCUT2D eigenvalue weighted by Crippen LogP contribution is 2.43. The summed E-state index contributed by atoms with van der Waals surface area (Å²) in [5.74, 6) is -0.162. The molecule has 0 spiro atoms. The number of aliphatic hydroxyl groups is 1. The van der Waals surface area contributed by atoms with Gasteiger partial charge in [0.1, 0.15) is 0 Å². The van der Waals surface area contributed by atoms with E-state index < -0.39 is 20.0 Å². The molecule has 3 atom stereocenters. The third-order valence-electron chi connectivity index (χ3n) is 8.21. The van der Waals surface area contributed by atoms with Gasteiger partial charge in [0.2, 0.25) is 5.91 Å². The molecule has 0 bridgehead atoms. The van der Waals surface area contributed by atoms with E-state index in [2.05, 4.69) is 19.2 Å². The molecule has 0 aliphatic heterocycles. The highest BCUT2D eigenvalue weighted by molar-refractivity contribution is 7.47. The van der Waals surface area contributed by atoms with Crippen LogP contribution in [0.2, 0.25) is 0 Å². The summed E-state index contributed by atoms with van der Waals surface area (Å²) in [6.45, 7) is 4.19. The average molecular weight is 635 g/mol. The van der Waals surface area contributed by atoms with Crippen LogP contribution in [0.3, 0.4) is 0 Å². The molecule has 0 aliphatic rings. The van der Waals surface area contributed by atoms with Crippen LogP contribution in [0, 0.1) is 0 Å². The first-order chi connectivity index (χ1) is 20.9. The Bertz CT molecular complexity index is 654. The zero-order chi connectivity index (χ0) is 31.9. The fraction of sp³-hybridized carbons (Fsp3) is 0.971. The highest BCUT2D eigenvalue weighted by Gasteiger charge is 2.27. The predicted molar refractivity (Wildman–Crippen MR) is 180 cm³/mol. The Labute approximate surface area is 265 Å². The number of rotatable bonds is 34. The van der Waals surface area contributed by atoms with Crippen LogP contribution in [0.15, 0.2) is 0 Å². The number of phosphoric acid groups is 1. The van der Waals surface area contributed by atoms with Gasteiger partial charge in [0, 0.05) is 13.0 Å². The molecular formula is C34H71N2O6P. The minimum Gasteiger partial charge on any atom is -0.391 e. The van der Waals surface area contributed by atoms with Gasteiger partial charge in [-0.1, -0.05) is 162 Å². The second kappa shape index (κ2) is 31.5. The molecule has 0 fully saturated rings. The molecule has 0 aliphatic carbocycles. The summed E-state index contributed by atoms with van der Waals surface area (Å²) in [6, 6.07) is -0.764. The van der Waals surface area contributed by atoms with Crippen molar-refractivity contribution in [2.45, 2.75) is 193 Å². The topological polar surface area (TPSA) is 131 Å². The van der Waals surface area contributed by atoms with Gasteiger partial charge in [0.25, 0.3) is 0 Å². The maximum Gasteiger partial charge on any atom is 0.472 e. The van der Waals surface area contributed by atoms with Crippen molar-refractivity contribution in [3.8, 4) is 0 Å². The number of nitrogens with one attached hydrogen (secondary N) is 1. The van der Waals surface area contributed by atoms with Crippen LogP contribution < -0.4 is 11.1 Å². The first-order valence-electron chi connectivity index (χ1n) is 18.2. The molecule has 0 radical (unpaired) electrons. The lowest BCUT2D eigenvalue weighted by Gasteiger charge is -2.25. The van der Waals surface area contributed by atoms with E-state index in [0.717, 1.165) is 38.5 Å². The number of unbranched alkanes of at least 4 members (excludes halogenated alkanes) is 22. The van der Waals surface area contributed by atoms with Crippen LogP contribution in [-0.4, -0.2) is 47.8 Å². The van der Waals surface area contributed by atoms with E-state index in [4.69, 9.17) is 14.8 Å². The molecule has 0 aromatic heterocycles. The van der Waals surface area contributed by atoms with Gasteiger partial charge in [-0.15, -0.1) is 0 Å².